The molecule has 288 valence electrons. The molecule has 0 saturated carbocycles. The Labute approximate surface area is 360 Å². The van der Waals surface area contributed by atoms with E-state index in [1.165, 1.54) is 44.2 Å². The predicted molar refractivity (Wildman–Crippen MR) is 257 cm³/mol. The van der Waals surface area contributed by atoms with Gasteiger partial charge in [0.25, 0.3) is 0 Å². The Balaban J connectivity index is 1.04. The second-order valence-corrected chi connectivity index (χ2v) is 16.5. The topological polar surface area (TPSA) is 34.0 Å². The van der Waals surface area contributed by atoms with E-state index in [0.717, 1.165) is 61.3 Å². The fraction of sp³-hybridized carbons (Fsp3) is 0.0175. The lowest BCUT2D eigenvalue weighted by atomic mass is 9.39. The molecule has 62 heavy (non-hydrogen) atoms. The predicted octanol–water partition coefficient (Wildman–Crippen LogP) is 11.4. The minimum atomic E-state index is -0.543. The molecule has 5 heteroatoms. The van der Waals surface area contributed by atoms with E-state index in [0.29, 0.717) is 0 Å². The molecule has 3 aromatic heterocycles. The molecular weight excluding hydrogens is 751 g/mol. The molecule has 0 amide bonds. The molecule has 8 aromatic carbocycles. The van der Waals surface area contributed by atoms with Gasteiger partial charge in [0.05, 0.1) is 56.4 Å². The van der Waals surface area contributed by atoms with Crippen LogP contribution in [0.4, 0.5) is 17.1 Å². The average Bonchev–Trinajstić information content (AvgIpc) is 3.84. The van der Waals surface area contributed by atoms with Gasteiger partial charge < -0.3 is 9.47 Å². The van der Waals surface area contributed by atoms with Gasteiger partial charge >= 0.3 is 0 Å². The monoisotopic (exact) mass is 788 g/mol. The largest absolute Gasteiger partial charge is 0.308 e. The Morgan fingerprint density at radius 1 is 0.468 bits per heavy atom. The second kappa shape index (κ2) is 13.5. The summed E-state index contributed by atoms with van der Waals surface area (Å²) in [5, 5.41) is 2.28. The molecule has 0 spiro atoms. The van der Waals surface area contributed by atoms with Gasteiger partial charge in [-0.25, -0.2) is 4.98 Å². The Morgan fingerprint density at radius 2 is 1.08 bits per heavy atom. The van der Waals surface area contributed by atoms with Crippen molar-refractivity contribution in [3.05, 3.63) is 247 Å². The van der Waals surface area contributed by atoms with E-state index in [9.17, 15) is 0 Å². The molecule has 4 nitrogen and oxygen atoms in total. The average molecular weight is 789 g/mol. The molecule has 0 unspecified atom stereocenters. The highest BCUT2D eigenvalue weighted by atomic mass is 15.2. The zero-order valence-corrected chi connectivity index (χ0v) is 33.7. The zero-order valence-electron chi connectivity index (χ0n) is 33.7. The summed E-state index contributed by atoms with van der Waals surface area (Å²) in [5.74, 6) is 0. The highest BCUT2D eigenvalue weighted by Gasteiger charge is 2.46. The molecule has 0 bridgehead atoms. The maximum atomic E-state index is 5.45. The number of nitrogens with zero attached hydrogens (tertiary/aromatic N) is 4. The van der Waals surface area contributed by atoms with Crippen molar-refractivity contribution in [3.8, 4) is 16.9 Å². The van der Waals surface area contributed by atoms with Gasteiger partial charge in [-0.05, 0) is 81.1 Å². The van der Waals surface area contributed by atoms with Crippen molar-refractivity contribution in [3.63, 3.8) is 0 Å². The van der Waals surface area contributed by atoms with E-state index < -0.39 is 5.41 Å². The first-order valence-corrected chi connectivity index (χ1v) is 21.4. The van der Waals surface area contributed by atoms with Gasteiger partial charge in [0.2, 0.25) is 6.71 Å². The van der Waals surface area contributed by atoms with Gasteiger partial charge in [0.1, 0.15) is 0 Å². The lowest BCUT2D eigenvalue weighted by molar-refractivity contribution is 0.731. The summed E-state index contributed by atoms with van der Waals surface area (Å²) in [6.07, 6.45) is 2.08. The van der Waals surface area contributed by atoms with E-state index in [4.69, 9.17) is 9.97 Å². The van der Waals surface area contributed by atoms with Gasteiger partial charge in [0.15, 0.2) is 0 Å². The number of para-hydroxylation sites is 4. The van der Waals surface area contributed by atoms with Crippen molar-refractivity contribution in [2.75, 3.05) is 4.90 Å². The number of fused-ring (bicyclic) bond motifs is 9. The number of anilines is 3. The van der Waals surface area contributed by atoms with Crippen molar-refractivity contribution in [2.45, 2.75) is 5.41 Å². The summed E-state index contributed by atoms with van der Waals surface area (Å²) in [7, 11) is 0. The third-order valence-corrected chi connectivity index (χ3v) is 13.3. The van der Waals surface area contributed by atoms with Gasteiger partial charge in [-0.2, -0.15) is 0 Å². The molecule has 0 aliphatic carbocycles. The lowest BCUT2D eigenvalue weighted by Gasteiger charge is -2.46. The van der Waals surface area contributed by atoms with E-state index in [-0.39, 0.29) is 6.71 Å². The molecule has 0 radical (unpaired) electrons. The lowest BCUT2D eigenvalue weighted by Crippen LogP contribution is -2.48. The third-order valence-electron chi connectivity index (χ3n) is 13.3. The van der Waals surface area contributed by atoms with Crippen LogP contribution in [0.5, 0.6) is 0 Å². The molecule has 11 aromatic rings. The smallest absolute Gasteiger partial charge is 0.244 e. The van der Waals surface area contributed by atoms with Crippen molar-refractivity contribution >= 4 is 73.0 Å². The van der Waals surface area contributed by atoms with Crippen LogP contribution in [-0.2, 0) is 5.41 Å². The van der Waals surface area contributed by atoms with Crippen molar-refractivity contribution in [1.29, 1.82) is 0 Å². The Hall–Kier alpha value is -8.02. The number of benzene rings is 8. The first-order chi connectivity index (χ1) is 30.8. The number of aromatic nitrogens is 3. The van der Waals surface area contributed by atoms with Gasteiger partial charge in [-0.3, -0.25) is 4.98 Å². The molecule has 0 N–H and O–H groups in total. The standard InChI is InChI=1S/C57H37BN4/c1-4-19-39(20-5-1)57(40-21-6-2-7-22-40)46-26-12-16-30-52(46)62(53-31-17-13-27-47(53)57)43-36-54-56(59-37-43)45-35-41(32-33-51(45)61(54)42-23-8-3-9-24-42)58-48-28-14-11-25-44(48)55-49(58)34-38-18-10-15-29-50(38)60-55/h1-37H. The minimum absolute atomic E-state index is 0.0490. The number of hydrogen-bond donors (Lipinski definition) is 0. The van der Waals surface area contributed by atoms with Crippen LogP contribution < -0.4 is 21.3 Å². The molecule has 13 rings (SSSR count). The molecule has 2 aliphatic rings. The highest BCUT2D eigenvalue weighted by molar-refractivity contribution is 6.99. The second-order valence-electron chi connectivity index (χ2n) is 16.5. The van der Waals surface area contributed by atoms with Crippen molar-refractivity contribution in [2.24, 2.45) is 0 Å². The number of hydrogen-bond acceptors (Lipinski definition) is 3. The molecular formula is C57H37BN4. The first-order valence-electron chi connectivity index (χ1n) is 21.4. The van der Waals surface area contributed by atoms with Crippen LogP contribution in [0, 0.1) is 0 Å². The summed E-state index contributed by atoms with van der Waals surface area (Å²) < 4.78 is 2.39. The van der Waals surface area contributed by atoms with Gasteiger partial charge in [0, 0.05) is 11.1 Å². The van der Waals surface area contributed by atoms with E-state index in [1.807, 2.05) is 0 Å². The van der Waals surface area contributed by atoms with E-state index in [1.54, 1.807) is 0 Å². The fourth-order valence-electron chi connectivity index (χ4n) is 10.8. The maximum Gasteiger partial charge on any atom is 0.244 e. The normalized spacial score (nSPS) is 13.5. The van der Waals surface area contributed by atoms with Crippen LogP contribution in [0.1, 0.15) is 22.3 Å². The zero-order chi connectivity index (χ0) is 40.8. The van der Waals surface area contributed by atoms with Crippen LogP contribution in [0.25, 0.3) is 49.8 Å². The van der Waals surface area contributed by atoms with Gasteiger partial charge in [-0.15, -0.1) is 0 Å². The van der Waals surface area contributed by atoms with Crippen LogP contribution in [0.15, 0.2) is 225 Å². The number of rotatable bonds is 5. The highest BCUT2D eigenvalue weighted by Crippen LogP contribution is 2.57. The molecule has 0 atom stereocenters. The van der Waals surface area contributed by atoms with Crippen molar-refractivity contribution in [1.82, 2.24) is 14.5 Å². The van der Waals surface area contributed by atoms with E-state index in [2.05, 4.69) is 234 Å². The van der Waals surface area contributed by atoms with Crippen LogP contribution >= 0.6 is 0 Å². The summed E-state index contributed by atoms with van der Waals surface area (Å²) >= 11 is 0. The van der Waals surface area contributed by atoms with E-state index >= 15 is 0 Å². The molecule has 0 saturated heterocycles. The molecule has 5 heterocycles. The van der Waals surface area contributed by atoms with Crippen LogP contribution in [-0.4, -0.2) is 21.2 Å². The summed E-state index contributed by atoms with van der Waals surface area (Å²) in [4.78, 5) is 13.1. The van der Waals surface area contributed by atoms with Crippen molar-refractivity contribution < 1.29 is 0 Å². The minimum Gasteiger partial charge on any atom is -0.308 e. The quantitative estimate of drug-likeness (QED) is 0.163. The van der Waals surface area contributed by atoms with Crippen LogP contribution in [0.3, 0.4) is 0 Å². The summed E-state index contributed by atoms with van der Waals surface area (Å²) in [5.41, 5.74) is 18.9. The maximum absolute atomic E-state index is 5.45. The molecule has 2 aliphatic heterocycles. The first kappa shape index (κ1) is 34.8. The number of pyridine rings is 2. The summed E-state index contributed by atoms with van der Waals surface area (Å²) in [6.45, 7) is 0.0490. The Bertz CT molecular complexity index is 3460. The Morgan fingerprint density at radius 3 is 1.81 bits per heavy atom. The Kier molecular flexibility index (Phi) is 7.58. The third kappa shape index (κ3) is 4.90. The van der Waals surface area contributed by atoms with Gasteiger partial charge in [-0.1, -0.05) is 187 Å². The fourth-order valence-corrected chi connectivity index (χ4v) is 10.8. The van der Waals surface area contributed by atoms with Crippen LogP contribution in [0.2, 0.25) is 0 Å². The molecule has 0 fully saturated rings. The SMILES string of the molecule is c1ccc(-n2c3ccc(B4c5ccccc5-c5nc6ccccc6cc54)cc3c3ncc(N4c5ccccc5C(c5ccccc5)(c5ccccc5)c5ccccc54)cc32)cc1. The summed E-state index contributed by atoms with van der Waals surface area (Å²) in [6, 6.07) is 79.4.